The Labute approximate surface area is 107 Å². The van der Waals surface area contributed by atoms with E-state index in [0.29, 0.717) is 13.1 Å². The lowest BCUT2D eigenvalue weighted by Gasteiger charge is -2.11. The molecule has 1 aromatic carbocycles. The summed E-state index contributed by atoms with van der Waals surface area (Å²) in [6, 6.07) is 5.77. The van der Waals surface area contributed by atoms with Crippen molar-refractivity contribution in [3.8, 4) is 5.75 Å². The van der Waals surface area contributed by atoms with E-state index in [0.717, 1.165) is 18.7 Å². The first kappa shape index (κ1) is 12.7. The zero-order valence-electron chi connectivity index (χ0n) is 10.5. The topological polar surface area (TPSA) is 76.4 Å². The van der Waals surface area contributed by atoms with Gasteiger partial charge in [0.15, 0.2) is 0 Å². The van der Waals surface area contributed by atoms with E-state index in [1.165, 1.54) is 11.1 Å². The van der Waals surface area contributed by atoms with Gasteiger partial charge in [-0.15, -0.1) is 0 Å². The molecule has 0 saturated carbocycles. The Morgan fingerprint density at radius 3 is 3.11 bits per heavy atom. The van der Waals surface area contributed by atoms with Crippen molar-refractivity contribution in [1.82, 2.24) is 10.6 Å². The Balaban J connectivity index is 1.70. The summed E-state index contributed by atoms with van der Waals surface area (Å²) in [7, 11) is 0. The lowest BCUT2D eigenvalue weighted by atomic mass is 10.1. The largest absolute Gasteiger partial charge is 0.488 e. The molecule has 0 aliphatic carbocycles. The number of urea groups is 1. The number of benzene rings is 1. The molecule has 1 heterocycles. The molecule has 0 aromatic heterocycles. The van der Waals surface area contributed by atoms with Crippen LogP contribution in [0.25, 0.3) is 0 Å². The van der Waals surface area contributed by atoms with Crippen molar-refractivity contribution in [2.24, 2.45) is 5.73 Å². The highest BCUT2D eigenvalue weighted by molar-refractivity contribution is 5.71. The lowest BCUT2D eigenvalue weighted by molar-refractivity contribution is 0.227. The molecule has 18 heavy (non-hydrogen) atoms. The molecule has 0 spiro atoms. The molecule has 1 aliphatic heterocycles. The maximum absolute atomic E-state index is 10.5. The number of ether oxygens (including phenoxy) is 1. The number of amides is 2. The summed E-state index contributed by atoms with van der Waals surface area (Å²) >= 11 is 0. The maximum atomic E-state index is 10.5. The molecule has 5 nitrogen and oxygen atoms in total. The van der Waals surface area contributed by atoms with Crippen LogP contribution in [0.1, 0.15) is 11.1 Å². The van der Waals surface area contributed by atoms with E-state index >= 15 is 0 Å². The van der Waals surface area contributed by atoms with Crippen LogP contribution >= 0.6 is 0 Å². The van der Waals surface area contributed by atoms with Gasteiger partial charge in [0.2, 0.25) is 0 Å². The van der Waals surface area contributed by atoms with Crippen LogP contribution in [0.5, 0.6) is 5.75 Å². The average molecular weight is 249 g/mol. The molecule has 98 valence electrons. The molecular weight excluding hydrogens is 230 g/mol. The van der Waals surface area contributed by atoms with Gasteiger partial charge in [0, 0.05) is 26.1 Å². The summed E-state index contributed by atoms with van der Waals surface area (Å²) < 4.78 is 5.82. The van der Waals surface area contributed by atoms with Crippen LogP contribution in [0, 0.1) is 6.92 Å². The molecule has 2 rings (SSSR count). The number of carbonyl (C=O) groups is 1. The number of hydrogen-bond acceptors (Lipinski definition) is 3. The van der Waals surface area contributed by atoms with Gasteiger partial charge in [0.1, 0.15) is 11.9 Å². The standard InChI is InChI=1S/C13H19N3O2/c1-9-2-3-12-10(6-9)7-11(18-12)8-15-4-5-16-13(14)17/h2-3,6,11,15H,4-5,7-8H2,1H3,(H3,14,16,17). The number of rotatable bonds is 5. The number of nitrogens with two attached hydrogens (primary N) is 1. The molecule has 2 amide bonds. The van der Waals surface area contributed by atoms with Gasteiger partial charge in [-0.3, -0.25) is 0 Å². The van der Waals surface area contributed by atoms with Crippen molar-refractivity contribution >= 4 is 6.03 Å². The zero-order chi connectivity index (χ0) is 13.0. The number of fused-ring (bicyclic) bond motifs is 1. The second-order valence-corrected chi connectivity index (χ2v) is 4.55. The predicted octanol–water partition coefficient (Wildman–Crippen LogP) is 0.556. The molecule has 1 unspecified atom stereocenters. The molecule has 1 atom stereocenters. The van der Waals surface area contributed by atoms with Gasteiger partial charge >= 0.3 is 6.03 Å². The molecule has 4 N–H and O–H groups in total. The van der Waals surface area contributed by atoms with Crippen LogP contribution in [0.3, 0.4) is 0 Å². The Hall–Kier alpha value is -1.75. The third-order valence-electron chi connectivity index (χ3n) is 2.93. The number of primary amides is 1. The molecule has 5 heteroatoms. The predicted molar refractivity (Wildman–Crippen MR) is 69.8 cm³/mol. The fourth-order valence-corrected chi connectivity index (χ4v) is 2.10. The molecular formula is C13H19N3O2. The summed E-state index contributed by atoms with van der Waals surface area (Å²) in [5.41, 5.74) is 7.50. The van der Waals surface area contributed by atoms with Gasteiger partial charge in [-0.1, -0.05) is 17.7 Å². The van der Waals surface area contributed by atoms with Gasteiger partial charge < -0.3 is 21.1 Å². The van der Waals surface area contributed by atoms with Gasteiger partial charge in [-0.25, -0.2) is 4.79 Å². The van der Waals surface area contributed by atoms with Crippen molar-refractivity contribution in [3.63, 3.8) is 0 Å². The van der Waals surface area contributed by atoms with Gasteiger partial charge in [0.25, 0.3) is 0 Å². The quantitative estimate of drug-likeness (QED) is 0.667. The van der Waals surface area contributed by atoms with Crippen molar-refractivity contribution in [2.45, 2.75) is 19.4 Å². The zero-order valence-corrected chi connectivity index (χ0v) is 10.5. The second-order valence-electron chi connectivity index (χ2n) is 4.55. The first-order valence-corrected chi connectivity index (χ1v) is 6.15. The minimum Gasteiger partial charge on any atom is -0.488 e. The van der Waals surface area contributed by atoms with E-state index in [1.54, 1.807) is 0 Å². The van der Waals surface area contributed by atoms with Crippen LogP contribution < -0.4 is 21.1 Å². The minimum atomic E-state index is -0.489. The fraction of sp³-hybridized carbons (Fsp3) is 0.462. The van der Waals surface area contributed by atoms with Crippen molar-refractivity contribution < 1.29 is 9.53 Å². The van der Waals surface area contributed by atoms with E-state index < -0.39 is 6.03 Å². The SMILES string of the molecule is Cc1ccc2c(c1)CC(CNCCNC(N)=O)O2. The van der Waals surface area contributed by atoms with Crippen LogP contribution in [0.2, 0.25) is 0 Å². The van der Waals surface area contributed by atoms with Crippen LogP contribution in [-0.4, -0.2) is 31.8 Å². The molecule has 0 bridgehead atoms. The second kappa shape index (κ2) is 5.73. The maximum Gasteiger partial charge on any atom is 0.312 e. The van der Waals surface area contributed by atoms with E-state index in [9.17, 15) is 4.79 Å². The first-order chi connectivity index (χ1) is 8.65. The van der Waals surface area contributed by atoms with Crippen molar-refractivity contribution in [3.05, 3.63) is 29.3 Å². The average Bonchev–Trinajstić information content (AvgIpc) is 2.70. The van der Waals surface area contributed by atoms with Crippen molar-refractivity contribution in [2.75, 3.05) is 19.6 Å². The Kier molecular flexibility index (Phi) is 4.04. The normalized spacial score (nSPS) is 17.1. The summed E-state index contributed by atoms with van der Waals surface area (Å²) in [6.07, 6.45) is 1.11. The van der Waals surface area contributed by atoms with Crippen LogP contribution in [-0.2, 0) is 6.42 Å². The summed E-state index contributed by atoms with van der Waals surface area (Å²) in [4.78, 5) is 10.5. The van der Waals surface area contributed by atoms with Gasteiger partial charge in [-0.2, -0.15) is 0 Å². The number of nitrogens with one attached hydrogen (secondary N) is 2. The summed E-state index contributed by atoms with van der Waals surface area (Å²) in [5.74, 6) is 0.989. The molecule has 0 fully saturated rings. The molecule has 0 radical (unpaired) electrons. The summed E-state index contributed by atoms with van der Waals surface area (Å²) in [6.45, 7) is 4.09. The molecule has 1 aromatic rings. The van der Waals surface area contributed by atoms with Gasteiger partial charge in [0.05, 0.1) is 0 Å². The van der Waals surface area contributed by atoms with E-state index in [-0.39, 0.29) is 6.10 Å². The van der Waals surface area contributed by atoms with Crippen LogP contribution in [0.15, 0.2) is 18.2 Å². The monoisotopic (exact) mass is 249 g/mol. The third kappa shape index (κ3) is 3.37. The molecule has 1 aliphatic rings. The number of carbonyl (C=O) groups excluding carboxylic acids is 1. The highest BCUT2D eigenvalue weighted by Crippen LogP contribution is 2.29. The first-order valence-electron chi connectivity index (χ1n) is 6.15. The van der Waals surface area contributed by atoms with Crippen molar-refractivity contribution in [1.29, 1.82) is 0 Å². The van der Waals surface area contributed by atoms with Crippen LogP contribution in [0.4, 0.5) is 4.79 Å². The number of aryl methyl sites for hydroxylation is 1. The lowest BCUT2D eigenvalue weighted by Crippen LogP contribution is -2.38. The minimum absolute atomic E-state index is 0.176. The van der Waals surface area contributed by atoms with E-state index in [2.05, 4.69) is 29.7 Å². The Morgan fingerprint density at radius 2 is 2.33 bits per heavy atom. The fourth-order valence-electron chi connectivity index (χ4n) is 2.10. The van der Waals surface area contributed by atoms with E-state index in [4.69, 9.17) is 10.5 Å². The smallest absolute Gasteiger partial charge is 0.312 e. The molecule has 0 saturated heterocycles. The highest BCUT2D eigenvalue weighted by atomic mass is 16.5. The summed E-state index contributed by atoms with van der Waals surface area (Å²) in [5, 5.41) is 5.77. The highest BCUT2D eigenvalue weighted by Gasteiger charge is 2.21. The van der Waals surface area contributed by atoms with E-state index in [1.807, 2.05) is 6.07 Å². The Morgan fingerprint density at radius 1 is 1.50 bits per heavy atom. The van der Waals surface area contributed by atoms with Gasteiger partial charge in [-0.05, 0) is 18.6 Å². The number of hydrogen-bond donors (Lipinski definition) is 3. The third-order valence-corrected chi connectivity index (χ3v) is 2.93. The Bertz CT molecular complexity index is 434.